The highest BCUT2D eigenvalue weighted by Gasteiger charge is 2.39. The van der Waals surface area contributed by atoms with Gasteiger partial charge in [-0.2, -0.15) is 31.3 Å². The van der Waals surface area contributed by atoms with Crippen LogP contribution in [0.5, 0.6) is 0 Å². The number of hydrogen-bond donors (Lipinski definition) is 1. The zero-order chi connectivity index (χ0) is 28.8. The molecule has 0 saturated carbocycles. The molecule has 2 saturated heterocycles. The van der Waals surface area contributed by atoms with Gasteiger partial charge in [0.25, 0.3) is 5.91 Å². The van der Waals surface area contributed by atoms with Gasteiger partial charge in [0.05, 0.1) is 17.6 Å². The molecule has 3 heterocycles. The van der Waals surface area contributed by atoms with Gasteiger partial charge in [-0.1, -0.05) is 6.07 Å². The molecule has 1 aromatic heterocycles. The maximum Gasteiger partial charge on any atom is 0.416 e. The molecular weight excluding hydrogens is 532 g/mol. The van der Waals surface area contributed by atoms with E-state index in [-0.39, 0.29) is 23.2 Å². The maximum atomic E-state index is 13.5. The van der Waals surface area contributed by atoms with E-state index >= 15 is 0 Å². The van der Waals surface area contributed by atoms with Crippen LogP contribution in [0.2, 0.25) is 0 Å². The summed E-state index contributed by atoms with van der Waals surface area (Å²) in [5.41, 5.74) is -2.93. The van der Waals surface area contributed by atoms with Gasteiger partial charge in [-0.3, -0.25) is 14.6 Å². The Morgan fingerprint density at radius 3 is 2.49 bits per heavy atom. The number of rotatable bonds is 5. The molecule has 2 aliphatic heterocycles. The van der Waals surface area contributed by atoms with Gasteiger partial charge < -0.3 is 10.2 Å². The minimum absolute atomic E-state index is 0.129. The first-order valence-corrected chi connectivity index (χ1v) is 11.9. The lowest BCUT2D eigenvalue weighted by Crippen LogP contribution is -2.39. The van der Waals surface area contributed by atoms with Crippen molar-refractivity contribution < 1.29 is 35.9 Å². The molecule has 2 aromatic rings. The summed E-state index contributed by atoms with van der Waals surface area (Å²) in [5.74, 6) is -1.23. The van der Waals surface area contributed by atoms with Crippen LogP contribution >= 0.6 is 0 Å². The van der Waals surface area contributed by atoms with Crippen molar-refractivity contribution in [3.63, 3.8) is 0 Å². The van der Waals surface area contributed by atoms with Crippen molar-refractivity contribution in [2.24, 2.45) is 4.99 Å². The zero-order valence-electron chi connectivity index (χ0n) is 21.2. The van der Waals surface area contributed by atoms with Crippen molar-refractivity contribution >= 4 is 35.2 Å². The summed E-state index contributed by atoms with van der Waals surface area (Å²) in [6, 6.07) is 2.52. The first-order valence-electron chi connectivity index (χ1n) is 11.9. The number of likely N-dealkylation sites (tertiary alicyclic amines) is 1. The fourth-order valence-electron chi connectivity index (χ4n) is 4.27. The minimum atomic E-state index is -4.94. The number of aliphatic imine (C=N–C) groups is 1. The molecule has 0 radical (unpaired) electrons. The number of carbonyl (C=O) groups excluding carboxylic acids is 2. The monoisotopic (exact) mass is 557 g/mol. The van der Waals surface area contributed by atoms with Crippen molar-refractivity contribution in [2.45, 2.75) is 44.6 Å². The lowest BCUT2D eigenvalue weighted by molar-refractivity contribution is -0.137. The zero-order valence-corrected chi connectivity index (χ0v) is 21.2. The number of carbonyl (C=O) groups is 2. The summed E-state index contributed by atoms with van der Waals surface area (Å²) in [6.45, 7) is 2.48. The van der Waals surface area contributed by atoms with Crippen LogP contribution in [0.1, 0.15) is 42.6 Å². The Labute approximate surface area is 219 Å². The van der Waals surface area contributed by atoms with Gasteiger partial charge in [-0.25, -0.2) is 14.8 Å². The Morgan fingerprint density at radius 1 is 1.21 bits per heavy atom. The number of nitrogens with one attached hydrogen (secondary N) is 1. The number of amidine groups is 1. The Kier molecular flexibility index (Phi) is 7.21. The van der Waals surface area contributed by atoms with E-state index in [0.29, 0.717) is 30.9 Å². The van der Waals surface area contributed by atoms with E-state index in [0.717, 1.165) is 24.8 Å². The first kappa shape index (κ1) is 28.1. The first-order chi connectivity index (χ1) is 18.0. The lowest BCUT2D eigenvalue weighted by atomic mass is 10.1. The van der Waals surface area contributed by atoms with Gasteiger partial charge in [0.15, 0.2) is 5.82 Å². The van der Waals surface area contributed by atoms with E-state index in [9.17, 15) is 35.9 Å². The van der Waals surface area contributed by atoms with Crippen molar-refractivity contribution in [3.05, 3.63) is 41.6 Å². The van der Waals surface area contributed by atoms with E-state index in [1.54, 1.807) is 25.8 Å². The summed E-state index contributed by atoms with van der Waals surface area (Å²) in [4.78, 5) is 41.9. The number of benzene rings is 1. The predicted octanol–water partition coefficient (Wildman–Crippen LogP) is 4.77. The van der Waals surface area contributed by atoms with Crippen LogP contribution in [0.4, 0.5) is 48.6 Å². The average molecular weight is 557 g/mol. The summed E-state index contributed by atoms with van der Waals surface area (Å²) < 4.78 is 80.5. The van der Waals surface area contributed by atoms with Crippen LogP contribution < -0.4 is 15.1 Å². The van der Waals surface area contributed by atoms with E-state index in [2.05, 4.69) is 20.3 Å². The third-order valence-corrected chi connectivity index (χ3v) is 6.11. The highest BCUT2D eigenvalue weighted by Crippen LogP contribution is 2.34. The van der Waals surface area contributed by atoms with E-state index in [1.807, 2.05) is 0 Å². The largest absolute Gasteiger partial charge is 0.416 e. The SMILES string of the molecule is CN1CCCC1=Nc1nc(N2CC(C)(C)NC2=O)ncc1C(=O)N(CC(F)(F)F)c1cccc(C(F)(F)F)c1. The number of urea groups is 1. The fraction of sp³-hybridized carbons (Fsp3) is 0.458. The molecule has 1 N–H and O–H groups in total. The number of halogens is 6. The summed E-state index contributed by atoms with van der Waals surface area (Å²) >= 11 is 0. The number of anilines is 2. The predicted molar refractivity (Wildman–Crippen MR) is 130 cm³/mol. The molecule has 0 unspecified atom stereocenters. The van der Waals surface area contributed by atoms with Crippen molar-refractivity contribution in [3.8, 4) is 0 Å². The normalized spacial score (nSPS) is 18.6. The molecule has 2 fully saturated rings. The average Bonchev–Trinajstić information content (AvgIpc) is 3.36. The van der Waals surface area contributed by atoms with Crippen molar-refractivity contribution in [1.29, 1.82) is 0 Å². The molecule has 210 valence electrons. The molecule has 0 spiro atoms. The van der Waals surface area contributed by atoms with Gasteiger partial charge in [-0.05, 0) is 38.5 Å². The molecule has 4 rings (SSSR count). The lowest BCUT2D eigenvalue weighted by Gasteiger charge is -2.25. The third-order valence-electron chi connectivity index (χ3n) is 6.11. The molecule has 15 heteroatoms. The number of alkyl halides is 6. The number of amides is 3. The van der Waals surface area contributed by atoms with Gasteiger partial charge in [0.2, 0.25) is 5.95 Å². The van der Waals surface area contributed by atoms with Crippen molar-refractivity contribution in [1.82, 2.24) is 20.2 Å². The summed E-state index contributed by atoms with van der Waals surface area (Å²) in [7, 11) is 1.74. The summed E-state index contributed by atoms with van der Waals surface area (Å²) in [6.07, 6.45) is -7.61. The van der Waals surface area contributed by atoms with Crippen molar-refractivity contribution in [2.75, 3.05) is 36.5 Å². The standard InChI is InChI=1S/C24H25F6N7O2/c1-22(2)12-37(21(39)34-22)20-31-11-16(18(33-20)32-17-8-5-9-35(17)3)19(38)36(13-23(25,26)27)15-7-4-6-14(10-15)24(28,29)30/h4,6-7,10-11H,5,8-9,12-13H2,1-3H3,(H,34,39). The van der Waals surface area contributed by atoms with Gasteiger partial charge >= 0.3 is 18.4 Å². The Hall–Kier alpha value is -3.91. The second kappa shape index (κ2) is 10.0. The highest BCUT2D eigenvalue weighted by atomic mass is 19.4. The molecule has 0 aliphatic carbocycles. The smallest absolute Gasteiger partial charge is 0.363 e. The summed E-state index contributed by atoms with van der Waals surface area (Å²) in [5, 5.41) is 2.73. The second-order valence-electron chi connectivity index (χ2n) is 9.92. The highest BCUT2D eigenvalue weighted by molar-refractivity contribution is 6.09. The molecule has 3 amide bonds. The van der Waals surface area contributed by atoms with Crippen LogP contribution in [-0.4, -0.2) is 71.0 Å². The molecular formula is C24H25F6N7O2. The number of nitrogens with zero attached hydrogens (tertiary/aromatic N) is 6. The van der Waals surface area contributed by atoms with Crippen LogP contribution in [0, 0.1) is 0 Å². The van der Waals surface area contributed by atoms with Gasteiger partial charge in [-0.15, -0.1) is 0 Å². The molecule has 1 aromatic carbocycles. The second-order valence-corrected chi connectivity index (χ2v) is 9.92. The van der Waals surface area contributed by atoms with Crippen LogP contribution in [0.15, 0.2) is 35.5 Å². The van der Waals surface area contributed by atoms with Crippen LogP contribution in [0.3, 0.4) is 0 Å². The van der Waals surface area contributed by atoms with E-state index < -0.39 is 53.2 Å². The minimum Gasteiger partial charge on any atom is -0.363 e. The van der Waals surface area contributed by atoms with Crippen LogP contribution in [-0.2, 0) is 6.18 Å². The molecule has 0 bridgehead atoms. The topological polar surface area (TPSA) is 94.0 Å². The Morgan fingerprint density at radius 2 is 1.92 bits per heavy atom. The molecule has 9 nitrogen and oxygen atoms in total. The molecule has 0 atom stereocenters. The van der Waals surface area contributed by atoms with E-state index in [1.165, 1.54) is 4.90 Å². The number of aromatic nitrogens is 2. The molecule has 2 aliphatic rings. The molecule has 39 heavy (non-hydrogen) atoms. The maximum absolute atomic E-state index is 13.5. The quantitative estimate of drug-likeness (QED) is 0.535. The van der Waals surface area contributed by atoms with Gasteiger partial charge in [0, 0.05) is 31.9 Å². The van der Waals surface area contributed by atoms with E-state index in [4.69, 9.17) is 0 Å². The van der Waals surface area contributed by atoms with Crippen LogP contribution in [0.25, 0.3) is 0 Å². The third kappa shape index (κ3) is 6.40. The fourth-order valence-corrected chi connectivity index (χ4v) is 4.27. The Balaban J connectivity index is 1.82. The van der Waals surface area contributed by atoms with Gasteiger partial charge in [0.1, 0.15) is 17.9 Å². The number of hydrogen-bond acceptors (Lipinski definition) is 5. The Bertz CT molecular complexity index is 1310.